The summed E-state index contributed by atoms with van der Waals surface area (Å²) in [5.41, 5.74) is 0.828. The largest absolute Gasteiger partial charge is 0.493 e. The maximum atomic E-state index is 13.2. The van der Waals surface area contributed by atoms with Crippen molar-refractivity contribution < 1.29 is 17.9 Å². The van der Waals surface area contributed by atoms with Gasteiger partial charge in [0.15, 0.2) is 5.82 Å². The number of hydrogen-bond acceptors (Lipinski definition) is 9. The first-order chi connectivity index (χ1) is 19.8. The average Bonchev–Trinajstić information content (AvgIpc) is 3.62. The van der Waals surface area contributed by atoms with Gasteiger partial charge in [0.05, 0.1) is 36.0 Å². The zero-order valence-corrected chi connectivity index (χ0v) is 23.8. The lowest BCUT2D eigenvalue weighted by molar-refractivity contribution is -0.138. The number of imidazole rings is 1. The molecule has 1 amide bonds. The number of rotatable bonds is 9. The van der Waals surface area contributed by atoms with E-state index < -0.39 is 9.84 Å². The zero-order chi connectivity index (χ0) is 28.4. The molecule has 41 heavy (non-hydrogen) atoms. The van der Waals surface area contributed by atoms with Crippen LogP contribution in [0.1, 0.15) is 37.9 Å². The summed E-state index contributed by atoms with van der Waals surface area (Å²) in [7, 11) is -3.02. The van der Waals surface area contributed by atoms with Crippen LogP contribution in [-0.2, 0) is 27.7 Å². The minimum Gasteiger partial charge on any atom is -0.493 e. The molecule has 0 spiro atoms. The molecule has 1 aliphatic heterocycles. The summed E-state index contributed by atoms with van der Waals surface area (Å²) in [6, 6.07) is 7.66. The van der Waals surface area contributed by atoms with E-state index in [4.69, 9.17) is 9.72 Å². The molecule has 1 saturated carbocycles. The van der Waals surface area contributed by atoms with E-state index in [9.17, 15) is 13.2 Å². The van der Waals surface area contributed by atoms with Crippen LogP contribution in [0.3, 0.4) is 0 Å². The Morgan fingerprint density at radius 2 is 1.95 bits per heavy atom. The highest BCUT2D eigenvalue weighted by Crippen LogP contribution is 2.30. The first-order valence-corrected chi connectivity index (χ1v) is 16.1. The van der Waals surface area contributed by atoms with Crippen molar-refractivity contribution in [2.75, 3.05) is 30.5 Å². The summed E-state index contributed by atoms with van der Waals surface area (Å²) < 4.78 is 32.5. The molecular weight excluding hydrogens is 544 g/mol. The van der Waals surface area contributed by atoms with Gasteiger partial charge in [-0.25, -0.2) is 23.1 Å². The van der Waals surface area contributed by atoms with Crippen molar-refractivity contribution in [3.63, 3.8) is 0 Å². The van der Waals surface area contributed by atoms with Crippen LogP contribution >= 0.6 is 0 Å². The van der Waals surface area contributed by atoms with Gasteiger partial charge in [0.25, 0.3) is 0 Å². The fraction of sp³-hybridized carbons (Fsp3) is 0.464. The predicted octanol–water partition coefficient (Wildman–Crippen LogP) is 2.84. The Morgan fingerprint density at radius 3 is 2.78 bits per heavy atom. The summed E-state index contributed by atoms with van der Waals surface area (Å²) in [5.74, 6) is 3.12. The van der Waals surface area contributed by atoms with Crippen LogP contribution in [0.2, 0.25) is 0 Å². The summed E-state index contributed by atoms with van der Waals surface area (Å²) in [6.45, 7) is 2.43. The van der Waals surface area contributed by atoms with E-state index in [0.29, 0.717) is 37.1 Å². The van der Waals surface area contributed by atoms with Gasteiger partial charge in [0, 0.05) is 56.0 Å². The molecule has 2 aliphatic rings. The lowest BCUT2D eigenvalue weighted by atomic mass is 9.85. The van der Waals surface area contributed by atoms with Crippen molar-refractivity contribution >= 4 is 32.6 Å². The molecule has 4 aromatic rings. The number of anilines is 1. The summed E-state index contributed by atoms with van der Waals surface area (Å²) in [5, 5.41) is 8.82. The molecule has 216 valence electrons. The fourth-order valence-corrected chi connectivity index (χ4v) is 6.30. The Balaban J connectivity index is 1.06. The molecule has 0 bridgehead atoms. The number of ether oxygens (including phenoxy) is 1. The van der Waals surface area contributed by atoms with Gasteiger partial charge in [0.1, 0.15) is 21.4 Å². The molecule has 6 rings (SSSR count). The maximum Gasteiger partial charge on any atom is 0.226 e. The van der Waals surface area contributed by atoms with Gasteiger partial charge < -0.3 is 19.5 Å². The molecule has 1 N–H and O–H groups in total. The average molecular weight is 579 g/mol. The van der Waals surface area contributed by atoms with Gasteiger partial charge in [-0.3, -0.25) is 4.79 Å². The Morgan fingerprint density at radius 1 is 1.10 bits per heavy atom. The molecule has 1 fully saturated rings. The van der Waals surface area contributed by atoms with Crippen LogP contribution in [0.15, 0.2) is 49.1 Å². The van der Waals surface area contributed by atoms with Crippen molar-refractivity contribution in [3.05, 3.63) is 54.9 Å². The second-order valence-corrected chi connectivity index (χ2v) is 13.1. The lowest BCUT2D eigenvalue weighted by Gasteiger charge is -2.34. The number of carbonyl (C=O) groups is 1. The van der Waals surface area contributed by atoms with Crippen molar-refractivity contribution in [1.29, 1.82) is 0 Å². The first kappa shape index (κ1) is 27.2. The number of hydrogen-bond donors (Lipinski definition) is 1. The SMILES string of the molecule is CS(=O)(=O)CCCOc1cccc2c1cnn2-c1ccnc(NC2CCC(C(=O)N3CCn4ccnc4C3)CC2)n1. The Hall–Kier alpha value is -4.00. The molecule has 13 heteroatoms. The van der Waals surface area contributed by atoms with E-state index in [1.54, 1.807) is 29.3 Å². The van der Waals surface area contributed by atoms with Gasteiger partial charge >= 0.3 is 0 Å². The number of aromatic nitrogens is 6. The van der Waals surface area contributed by atoms with Gasteiger partial charge in [0.2, 0.25) is 11.9 Å². The highest BCUT2D eigenvalue weighted by molar-refractivity contribution is 7.90. The monoisotopic (exact) mass is 578 g/mol. The number of nitrogens with zero attached hydrogens (tertiary/aromatic N) is 7. The predicted molar refractivity (Wildman–Crippen MR) is 153 cm³/mol. The van der Waals surface area contributed by atoms with Crippen molar-refractivity contribution in [3.8, 4) is 11.6 Å². The van der Waals surface area contributed by atoms with E-state index in [1.165, 1.54) is 6.26 Å². The van der Waals surface area contributed by atoms with E-state index in [2.05, 4.69) is 25.0 Å². The third kappa shape index (κ3) is 6.19. The Labute approximate surface area is 238 Å². The number of fused-ring (bicyclic) bond motifs is 2. The standard InChI is InChI=1S/C28H34N8O4S/c1-41(38,39)17-3-16-40-24-5-2-4-23-22(24)18-31-36(23)25-10-11-30-28(33-25)32-21-8-6-20(7-9-21)27(37)35-15-14-34-13-12-29-26(34)19-35/h2,4-5,10-13,18,20-21H,3,6-9,14-17,19H2,1H3,(H,30,32,33). The number of benzene rings is 1. The van der Waals surface area contributed by atoms with Crippen LogP contribution < -0.4 is 10.1 Å². The molecule has 0 saturated heterocycles. The number of nitrogens with one attached hydrogen (secondary N) is 1. The molecule has 3 aromatic heterocycles. The Bertz CT molecular complexity index is 1640. The van der Waals surface area contributed by atoms with E-state index in [-0.39, 0.29) is 23.6 Å². The molecule has 1 aliphatic carbocycles. The normalized spacial score (nSPS) is 19.2. The quantitative estimate of drug-likeness (QED) is 0.297. The number of carbonyl (C=O) groups excluding carboxylic acids is 1. The minimum atomic E-state index is -3.02. The molecule has 12 nitrogen and oxygen atoms in total. The van der Waals surface area contributed by atoms with Gasteiger partial charge in [-0.1, -0.05) is 6.07 Å². The molecule has 0 radical (unpaired) electrons. The van der Waals surface area contributed by atoms with E-state index in [1.807, 2.05) is 29.3 Å². The van der Waals surface area contributed by atoms with E-state index in [0.717, 1.165) is 55.5 Å². The van der Waals surface area contributed by atoms with Gasteiger partial charge in [-0.15, -0.1) is 0 Å². The highest BCUT2D eigenvalue weighted by atomic mass is 32.2. The number of sulfone groups is 1. The van der Waals surface area contributed by atoms with Crippen LogP contribution in [-0.4, -0.2) is 79.7 Å². The molecular formula is C28H34N8O4S. The van der Waals surface area contributed by atoms with Crippen molar-refractivity contribution in [2.45, 2.75) is 51.2 Å². The highest BCUT2D eigenvalue weighted by Gasteiger charge is 2.31. The first-order valence-electron chi connectivity index (χ1n) is 14.0. The third-order valence-electron chi connectivity index (χ3n) is 7.81. The number of amides is 1. The van der Waals surface area contributed by atoms with Crippen LogP contribution in [0.4, 0.5) is 5.95 Å². The molecule has 0 atom stereocenters. The second-order valence-electron chi connectivity index (χ2n) is 10.8. The topological polar surface area (TPSA) is 137 Å². The summed E-state index contributed by atoms with van der Waals surface area (Å²) in [4.78, 5) is 28.7. The lowest BCUT2D eigenvalue weighted by Crippen LogP contribution is -2.43. The summed E-state index contributed by atoms with van der Waals surface area (Å²) in [6.07, 6.45) is 12.3. The molecule has 0 unspecified atom stereocenters. The van der Waals surface area contributed by atoms with Gasteiger partial charge in [-0.05, 0) is 44.2 Å². The molecule has 1 aromatic carbocycles. The third-order valence-corrected chi connectivity index (χ3v) is 8.84. The van der Waals surface area contributed by atoms with Crippen LogP contribution in [0.5, 0.6) is 5.75 Å². The minimum absolute atomic E-state index is 0.0417. The van der Waals surface area contributed by atoms with Crippen LogP contribution in [0, 0.1) is 5.92 Å². The van der Waals surface area contributed by atoms with E-state index >= 15 is 0 Å². The fourth-order valence-electron chi connectivity index (χ4n) is 5.66. The summed E-state index contributed by atoms with van der Waals surface area (Å²) >= 11 is 0. The smallest absolute Gasteiger partial charge is 0.226 e. The maximum absolute atomic E-state index is 13.2. The van der Waals surface area contributed by atoms with Crippen LogP contribution in [0.25, 0.3) is 16.7 Å². The zero-order valence-electron chi connectivity index (χ0n) is 23.0. The van der Waals surface area contributed by atoms with Crippen molar-refractivity contribution in [2.24, 2.45) is 5.92 Å². The molecule has 4 heterocycles. The van der Waals surface area contributed by atoms with Gasteiger partial charge in [-0.2, -0.15) is 10.1 Å². The second kappa shape index (κ2) is 11.5. The Kier molecular flexibility index (Phi) is 7.61. The van der Waals surface area contributed by atoms with Crippen molar-refractivity contribution in [1.82, 2.24) is 34.2 Å².